The first-order valence-corrected chi connectivity index (χ1v) is 8.95. The highest BCUT2D eigenvalue weighted by Gasteiger charge is 2.44. The van der Waals surface area contributed by atoms with Crippen molar-refractivity contribution in [1.29, 1.82) is 0 Å². The van der Waals surface area contributed by atoms with Crippen LogP contribution in [0.25, 0.3) is 6.08 Å². The lowest BCUT2D eigenvalue weighted by atomic mass is 9.81. The van der Waals surface area contributed by atoms with Crippen LogP contribution in [0, 0.1) is 17.8 Å². The van der Waals surface area contributed by atoms with Crippen molar-refractivity contribution in [2.45, 2.75) is 57.2 Å². The third-order valence-electron chi connectivity index (χ3n) is 6.19. The second kappa shape index (κ2) is 5.82. The molecule has 1 aromatic carbocycles. The van der Waals surface area contributed by atoms with Crippen LogP contribution in [-0.2, 0) is 0 Å². The molecule has 22 heavy (non-hydrogen) atoms. The maximum atomic E-state index is 6.32. The molecule has 4 unspecified atom stereocenters. The third kappa shape index (κ3) is 2.87. The highest BCUT2D eigenvalue weighted by molar-refractivity contribution is 5.53. The standard InChI is InChI=1S/C20H28N2/c1-13(9-14-5-3-2-4-6-14)18-12-19(18)22-17-10-15-7-8-16(11-17)20(15)21/h2-6,9,15-20,22H,7-8,10-12,21H2,1H3/b13-9+. The van der Waals surface area contributed by atoms with Gasteiger partial charge < -0.3 is 11.1 Å². The zero-order valence-electron chi connectivity index (χ0n) is 13.5. The van der Waals surface area contributed by atoms with Gasteiger partial charge in [-0.05, 0) is 62.3 Å². The van der Waals surface area contributed by atoms with E-state index in [9.17, 15) is 0 Å². The lowest BCUT2D eigenvalue weighted by Crippen LogP contribution is -2.45. The predicted octanol–water partition coefficient (Wildman–Crippen LogP) is 3.58. The van der Waals surface area contributed by atoms with Crippen molar-refractivity contribution in [2.75, 3.05) is 0 Å². The molecule has 4 atom stereocenters. The van der Waals surface area contributed by atoms with E-state index in [-0.39, 0.29) is 0 Å². The van der Waals surface area contributed by atoms with Crippen LogP contribution < -0.4 is 11.1 Å². The molecule has 1 aromatic rings. The Bertz CT molecular complexity index is 536. The van der Waals surface area contributed by atoms with Crippen molar-refractivity contribution < 1.29 is 0 Å². The zero-order valence-corrected chi connectivity index (χ0v) is 13.5. The van der Waals surface area contributed by atoms with E-state index in [4.69, 9.17) is 5.73 Å². The SMILES string of the molecule is C/C(=C\c1ccccc1)C1CC1NC1CC2CCC(C1)C2N. The normalized spacial score (nSPS) is 40.7. The molecular weight excluding hydrogens is 268 g/mol. The topological polar surface area (TPSA) is 38.0 Å². The van der Waals surface area contributed by atoms with Crippen LogP contribution in [0.3, 0.4) is 0 Å². The molecule has 0 spiro atoms. The van der Waals surface area contributed by atoms with E-state index < -0.39 is 0 Å². The molecule has 0 aliphatic heterocycles. The Morgan fingerprint density at radius 3 is 2.45 bits per heavy atom. The van der Waals surface area contributed by atoms with Gasteiger partial charge in [0.25, 0.3) is 0 Å². The minimum Gasteiger partial charge on any atom is -0.327 e. The van der Waals surface area contributed by atoms with Gasteiger partial charge in [0.05, 0.1) is 0 Å². The number of rotatable bonds is 4. The Morgan fingerprint density at radius 2 is 1.77 bits per heavy atom. The van der Waals surface area contributed by atoms with Gasteiger partial charge in [-0.15, -0.1) is 0 Å². The Hall–Kier alpha value is -1.12. The van der Waals surface area contributed by atoms with Gasteiger partial charge in [0.1, 0.15) is 0 Å². The zero-order chi connectivity index (χ0) is 15.1. The summed E-state index contributed by atoms with van der Waals surface area (Å²) < 4.78 is 0. The average Bonchev–Trinajstić information content (AvgIpc) is 3.25. The summed E-state index contributed by atoms with van der Waals surface area (Å²) in [5.74, 6) is 2.32. The van der Waals surface area contributed by atoms with Crippen molar-refractivity contribution in [2.24, 2.45) is 23.5 Å². The van der Waals surface area contributed by atoms with Gasteiger partial charge in [-0.3, -0.25) is 0 Å². The van der Waals surface area contributed by atoms with E-state index in [1.54, 1.807) is 0 Å². The molecule has 3 aliphatic rings. The quantitative estimate of drug-likeness (QED) is 0.891. The molecule has 0 radical (unpaired) electrons. The number of fused-ring (bicyclic) bond motifs is 2. The van der Waals surface area contributed by atoms with Gasteiger partial charge in [0, 0.05) is 18.1 Å². The number of hydrogen-bond donors (Lipinski definition) is 2. The molecule has 2 bridgehead atoms. The average molecular weight is 296 g/mol. The van der Waals surface area contributed by atoms with Crippen LogP contribution in [0.5, 0.6) is 0 Å². The molecule has 0 aromatic heterocycles. The summed E-state index contributed by atoms with van der Waals surface area (Å²) in [5.41, 5.74) is 9.17. The number of benzene rings is 1. The first kappa shape index (κ1) is 14.5. The molecule has 0 saturated heterocycles. The van der Waals surface area contributed by atoms with E-state index in [1.165, 1.54) is 43.2 Å². The molecule has 3 aliphatic carbocycles. The van der Waals surface area contributed by atoms with Crippen molar-refractivity contribution in [3.63, 3.8) is 0 Å². The molecule has 2 nitrogen and oxygen atoms in total. The molecule has 3 saturated carbocycles. The highest BCUT2D eigenvalue weighted by atomic mass is 15.0. The van der Waals surface area contributed by atoms with Crippen molar-refractivity contribution in [3.05, 3.63) is 41.5 Å². The maximum Gasteiger partial charge on any atom is 0.0142 e. The molecule has 3 N–H and O–H groups in total. The minimum absolute atomic E-state index is 0.493. The molecular formula is C20H28N2. The molecule has 2 heteroatoms. The first-order chi connectivity index (χ1) is 10.7. The van der Waals surface area contributed by atoms with Crippen LogP contribution in [0.15, 0.2) is 35.9 Å². The summed E-state index contributed by atoms with van der Waals surface area (Å²) in [7, 11) is 0. The van der Waals surface area contributed by atoms with Gasteiger partial charge in [-0.25, -0.2) is 0 Å². The van der Waals surface area contributed by atoms with Crippen molar-refractivity contribution in [3.8, 4) is 0 Å². The Labute approximate surface area is 134 Å². The summed E-state index contributed by atoms with van der Waals surface area (Å²) >= 11 is 0. The monoisotopic (exact) mass is 296 g/mol. The molecule has 118 valence electrons. The summed E-state index contributed by atoms with van der Waals surface area (Å²) in [6.45, 7) is 2.29. The summed E-state index contributed by atoms with van der Waals surface area (Å²) in [4.78, 5) is 0. The van der Waals surface area contributed by atoms with Crippen molar-refractivity contribution >= 4 is 6.08 Å². The summed E-state index contributed by atoms with van der Waals surface area (Å²) in [6.07, 6.45) is 9.01. The minimum atomic E-state index is 0.493. The van der Waals surface area contributed by atoms with Crippen LogP contribution in [0.1, 0.15) is 44.6 Å². The van der Waals surface area contributed by atoms with Gasteiger partial charge >= 0.3 is 0 Å². The van der Waals surface area contributed by atoms with Crippen LogP contribution in [0.2, 0.25) is 0 Å². The highest BCUT2D eigenvalue weighted by Crippen LogP contribution is 2.44. The number of hydrogen-bond acceptors (Lipinski definition) is 2. The van der Waals surface area contributed by atoms with Crippen molar-refractivity contribution in [1.82, 2.24) is 5.32 Å². The van der Waals surface area contributed by atoms with E-state index in [0.29, 0.717) is 12.1 Å². The Kier molecular flexibility index (Phi) is 3.83. The van der Waals surface area contributed by atoms with Gasteiger partial charge in [-0.2, -0.15) is 0 Å². The van der Waals surface area contributed by atoms with E-state index in [1.807, 2.05) is 0 Å². The molecule has 3 fully saturated rings. The lowest BCUT2D eigenvalue weighted by molar-refractivity contribution is 0.242. The lowest BCUT2D eigenvalue weighted by Gasteiger charge is -2.33. The molecule has 0 heterocycles. The predicted molar refractivity (Wildman–Crippen MR) is 92.3 cm³/mol. The Morgan fingerprint density at radius 1 is 1.09 bits per heavy atom. The Balaban J connectivity index is 1.32. The fourth-order valence-electron chi connectivity index (χ4n) is 4.82. The second-order valence-corrected chi connectivity index (χ2v) is 7.76. The van der Waals surface area contributed by atoms with Gasteiger partial charge in [0.15, 0.2) is 0 Å². The van der Waals surface area contributed by atoms with Crippen LogP contribution >= 0.6 is 0 Å². The van der Waals surface area contributed by atoms with E-state index in [2.05, 4.69) is 48.6 Å². The molecule has 0 amide bonds. The maximum absolute atomic E-state index is 6.32. The summed E-state index contributed by atoms with van der Waals surface area (Å²) in [5, 5.41) is 3.93. The van der Waals surface area contributed by atoms with Crippen LogP contribution in [0.4, 0.5) is 0 Å². The third-order valence-corrected chi connectivity index (χ3v) is 6.19. The largest absolute Gasteiger partial charge is 0.327 e. The number of nitrogens with two attached hydrogens (primary N) is 1. The van der Waals surface area contributed by atoms with E-state index in [0.717, 1.165) is 23.8 Å². The van der Waals surface area contributed by atoms with E-state index >= 15 is 0 Å². The van der Waals surface area contributed by atoms with Crippen LogP contribution in [-0.4, -0.2) is 18.1 Å². The fourth-order valence-corrected chi connectivity index (χ4v) is 4.82. The summed E-state index contributed by atoms with van der Waals surface area (Å²) in [6, 6.07) is 12.6. The fraction of sp³-hybridized carbons (Fsp3) is 0.600. The number of nitrogens with one attached hydrogen (secondary N) is 1. The van der Waals surface area contributed by atoms with Gasteiger partial charge in [-0.1, -0.05) is 42.0 Å². The van der Waals surface area contributed by atoms with Gasteiger partial charge in [0.2, 0.25) is 0 Å². The molecule has 4 rings (SSSR count). The second-order valence-electron chi connectivity index (χ2n) is 7.76. The smallest absolute Gasteiger partial charge is 0.0142 e. The first-order valence-electron chi connectivity index (χ1n) is 8.95.